The lowest BCUT2D eigenvalue weighted by Gasteiger charge is -2.23. The predicted octanol–water partition coefficient (Wildman–Crippen LogP) is -2.86. The summed E-state index contributed by atoms with van der Waals surface area (Å²) in [6.45, 7) is 5.07. The van der Waals surface area contributed by atoms with Crippen LogP contribution in [-0.4, -0.2) is 57.3 Å². The number of halogens is 1. The van der Waals surface area contributed by atoms with Gasteiger partial charge in [0.2, 0.25) is 5.91 Å². The molecule has 1 aliphatic heterocycles. The Morgan fingerprint density at radius 2 is 1.96 bits per heavy atom. The number of rotatable bonds is 9. The van der Waals surface area contributed by atoms with Crippen LogP contribution in [0.3, 0.4) is 0 Å². The van der Waals surface area contributed by atoms with E-state index in [-0.39, 0.29) is 6.42 Å². The monoisotopic (exact) mass is 354 g/mol. The zero-order valence-corrected chi connectivity index (χ0v) is 14.1. The number of morpholine rings is 1. The van der Waals surface area contributed by atoms with Gasteiger partial charge in [0, 0.05) is 12.1 Å². The molecule has 7 nitrogen and oxygen atoms in total. The van der Waals surface area contributed by atoms with Crippen molar-refractivity contribution < 1.29 is 34.0 Å². The lowest BCUT2D eigenvalue weighted by Crippen LogP contribution is -3.14. The van der Waals surface area contributed by atoms with Gasteiger partial charge in [-0.25, -0.2) is 4.39 Å². The molecule has 8 heteroatoms. The molecule has 0 saturated carbocycles. The average molecular weight is 354 g/mol. The number of hydrogen-bond donors (Lipinski definition) is 3. The Morgan fingerprint density at radius 3 is 2.60 bits per heavy atom. The summed E-state index contributed by atoms with van der Waals surface area (Å²) in [4.78, 5) is 24.6. The van der Waals surface area contributed by atoms with E-state index in [0.717, 1.165) is 39.3 Å². The van der Waals surface area contributed by atoms with E-state index in [4.69, 9.17) is 4.74 Å². The van der Waals surface area contributed by atoms with Gasteiger partial charge in [0.25, 0.3) is 0 Å². The summed E-state index contributed by atoms with van der Waals surface area (Å²) >= 11 is 0. The minimum atomic E-state index is -1.26. The van der Waals surface area contributed by atoms with Gasteiger partial charge in [-0.05, 0) is 24.3 Å². The minimum absolute atomic E-state index is 0.190. The summed E-state index contributed by atoms with van der Waals surface area (Å²) in [5, 5.41) is 15.4. The van der Waals surface area contributed by atoms with Crippen molar-refractivity contribution in [1.82, 2.24) is 0 Å². The third-order valence-corrected chi connectivity index (χ3v) is 4.22. The van der Waals surface area contributed by atoms with Crippen molar-refractivity contribution in [3.63, 3.8) is 0 Å². The molecule has 0 bridgehead atoms. The fourth-order valence-electron chi connectivity index (χ4n) is 2.79. The third kappa shape index (κ3) is 7.16. The molecule has 1 aromatic rings. The summed E-state index contributed by atoms with van der Waals surface area (Å²) in [5.41, 5.74) is 0.430. The van der Waals surface area contributed by atoms with E-state index in [1.807, 2.05) is 0 Å². The second-order valence-corrected chi connectivity index (χ2v) is 6.18. The third-order valence-electron chi connectivity index (χ3n) is 4.22. The van der Waals surface area contributed by atoms with Crippen LogP contribution in [0.5, 0.6) is 0 Å². The Balaban J connectivity index is 1.70. The lowest BCUT2D eigenvalue weighted by molar-refractivity contribution is -0.909. The molecule has 0 unspecified atom stereocenters. The molecule has 4 N–H and O–H groups in total. The summed E-state index contributed by atoms with van der Waals surface area (Å²) in [5.74, 6) is -2.09. The van der Waals surface area contributed by atoms with E-state index >= 15 is 0 Å². The number of quaternary nitrogens is 2. The molecule has 1 amide bonds. The Morgan fingerprint density at radius 1 is 1.28 bits per heavy atom. The number of nitrogens with one attached hydrogen (secondary N) is 2. The quantitative estimate of drug-likeness (QED) is 0.416. The number of nitrogens with two attached hydrogens (primary N) is 1. The van der Waals surface area contributed by atoms with Crippen LogP contribution in [-0.2, 0) is 14.3 Å². The molecule has 1 atom stereocenters. The first-order valence-corrected chi connectivity index (χ1v) is 8.55. The van der Waals surface area contributed by atoms with Gasteiger partial charge in [-0.15, -0.1) is 0 Å². The first-order valence-electron chi connectivity index (χ1n) is 8.55. The lowest BCUT2D eigenvalue weighted by atomic mass is 10.2. The molecule has 1 saturated heterocycles. The maximum atomic E-state index is 12.8. The summed E-state index contributed by atoms with van der Waals surface area (Å²) < 4.78 is 18.1. The molecule has 1 fully saturated rings. The van der Waals surface area contributed by atoms with Crippen LogP contribution in [0.1, 0.15) is 12.8 Å². The Hall–Kier alpha value is -2.03. The Bertz CT molecular complexity index is 562. The van der Waals surface area contributed by atoms with Gasteiger partial charge in [-0.1, -0.05) is 0 Å². The first-order chi connectivity index (χ1) is 12.0. The Labute approximate surface area is 146 Å². The van der Waals surface area contributed by atoms with Crippen molar-refractivity contribution >= 4 is 17.6 Å². The van der Waals surface area contributed by atoms with Crippen LogP contribution in [0.25, 0.3) is 0 Å². The standard InChI is InChI=1S/C17H24FN3O4/c18-13-2-4-14(5-3-13)20-16(22)12-15(17(23)24)19-6-1-7-21-8-10-25-11-9-21/h2-5,15,19H,1,6-12H2,(H,20,22)(H,23,24)/p+1/t15-/m1/s1. The number of benzene rings is 1. The summed E-state index contributed by atoms with van der Waals surface area (Å²) in [6.07, 6.45) is 0.669. The van der Waals surface area contributed by atoms with Crippen molar-refractivity contribution in [2.45, 2.75) is 18.9 Å². The molecule has 1 aromatic carbocycles. The van der Waals surface area contributed by atoms with Gasteiger partial charge in [0.1, 0.15) is 24.9 Å². The maximum absolute atomic E-state index is 12.8. The number of anilines is 1. The van der Waals surface area contributed by atoms with Gasteiger partial charge in [-0.3, -0.25) is 4.79 Å². The summed E-state index contributed by atoms with van der Waals surface area (Å²) in [7, 11) is 0. The van der Waals surface area contributed by atoms with Crippen LogP contribution >= 0.6 is 0 Å². The van der Waals surface area contributed by atoms with E-state index in [0.29, 0.717) is 12.2 Å². The number of hydrogen-bond acceptors (Lipinski definition) is 4. The molecule has 138 valence electrons. The van der Waals surface area contributed by atoms with Crippen LogP contribution in [0.2, 0.25) is 0 Å². The molecule has 0 aromatic heterocycles. The molecule has 1 heterocycles. The fourth-order valence-corrected chi connectivity index (χ4v) is 2.79. The fraction of sp³-hybridized carbons (Fsp3) is 0.529. The van der Waals surface area contributed by atoms with Gasteiger partial charge in [0.15, 0.2) is 0 Å². The number of carboxylic acids is 1. The zero-order valence-electron chi connectivity index (χ0n) is 14.1. The normalized spacial score (nSPS) is 16.4. The van der Waals surface area contributed by atoms with Crippen molar-refractivity contribution in [2.75, 3.05) is 44.7 Å². The minimum Gasteiger partial charge on any atom is -0.544 e. The van der Waals surface area contributed by atoms with Crippen molar-refractivity contribution in [1.29, 1.82) is 0 Å². The number of carbonyl (C=O) groups excluding carboxylic acids is 2. The molecule has 1 aliphatic rings. The smallest absolute Gasteiger partial charge is 0.230 e. The largest absolute Gasteiger partial charge is 0.544 e. The number of aliphatic carboxylic acids is 1. The molecule has 0 radical (unpaired) electrons. The summed E-state index contributed by atoms with van der Waals surface area (Å²) in [6, 6.07) is 4.38. The molecule has 2 rings (SSSR count). The van der Waals surface area contributed by atoms with Crippen LogP contribution in [0, 0.1) is 5.82 Å². The second-order valence-electron chi connectivity index (χ2n) is 6.18. The van der Waals surface area contributed by atoms with Crippen molar-refractivity contribution in [3.8, 4) is 0 Å². The zero-order chi connectivity index (χ0) is 18.1. The van der Waals surface area contributed by atoms with E-state index in [9.17, 15) is 19.1 Å². The molecule has 25 heavy (non-hydrogen) atoms. The molecule has 0 aliphatic carbocycles. The molecule has 0 spiro atoms. The van der Waals surface area contributed by atoms with E-state index in [1.54, 1.807) is 5.32 Å². The highest BCUT2D eigenvalue weighted by atomic mass is 19.1. The highest BCUT2D eigenvalue weighted by Gasteiger charge is 2.19. The highest BCUT2D eigenvalue weighted by molar-refractivity contribution is 5.93. The van der Waals surface area contributed by atoms with Gasteiger partial charge in [0.05, 0.1) is 38.7 Å². The average Bonchev–Trinajstić information content (AvgIpc) is 2.60. The van der Waals surface area contributed by atoms with Crippen molar-refractivity contribution in [3.05, 3.63) is 30.1 Å². The maximum Gasteiger partial charge on any atom is 0.230 e. The van der Waals surface area contributed by atoms with Gasteiger partial charge < -0.3 is 30.2 Å². The van der Waals surface area contributed by atoms with Crippen molar-refractivity contribution in [2.24, 2.45) is 0 Å². The van der Waals surface area contributed by atoms with Crippen LogP contribution < -0.4 is 20.6 Å². The molecular weight excluding hydrogens is 329 g/mol. The predicted molar refractivity (Wildman–Crippen MR) is 86.2 cm³/mol. The van der Waals surface area contributed by atoms with Gasteiger partial charge >= 0.3 is 0 Å². The highest BCUT2D eigenvalue weighted by Crippen LogP contribution is 2.08. The number of carbonyl (C=O) groups is 2. The molecular formula is C17H25FN3O4+. The first kappa shape index (κ1) is 19.3. The van der Waals surface area contributed by atoms with E-state index < -0.39 is 23.7 Å². The number of amides is 1. The SMILES string of the molecule is O=C(C[C@@H]([NH2+]CCC[NH+]1CCOCC1)C(=O)[O-])Nc1ccc(F)cc1. The van der Waals surface area contributed by atoms with Crippen LogP contribution in [0.15, 0.2) is 24.3 Å². The Kier molecular flexibility index (Phi) is 7.77. The van der Waals surface area contributed by atoms with E-state index in [2.05, 4.69) is 5.32 Å². The van der Waals surface area contributed by atoms with Gasteiger partial charge in [-0.2, -0.15) is 0 Å². The van der Waals surface area contributed by atoms with Crippen LogP contribution in [0.4, 0.5) is 10.1 Å². The topological polar surface area (TPSA) is 99.5 Å². The number of carboxylic acid groups (broad SMARTS) is 1. The van der Waals surface area contributed by atoms with E-state index in [1.165, 1.54) is 29.2 Å². The second kappa shape index (κ2) is 10.1. The number of ether oxygens (including phenoxy) is 1.